The van der Waals surface area contributed by atoms with Crippen LogP contribution in [0.2, 0.25) is 0 Å². The van der Waals surface area contributed by atoms with Gasteiger partial charge in [0.15, 0.2) is 12.3 Å². The Kier molecular flexibility index (Phi) is 7.72. The highest BCUT2D eigenvalue weighted by atomic mass is 16.6. The number of carboxylic acid groups (broad SMARTS) is 1. The fourth-order valence-electron chi connectivity index (χ4n) is 4.65. The number of rotatable bonds is 8. The number of hydrogen-bond donors (Lipinski definition) is 2. The van der Waals surface area contributed by atoms with E-state index in [1.54, 1.807) is 43.3 Å². The van der Waals surface area contributed by atoms with E-state index in [1.165, 1.54) is 33.8 Å². The molecule has 3 aromatic carbocycles. The largest absolute Gasteiger partial charge is 0.478 e. The summed E-state index contributed by atoms with van der Waals surface area (Å²) in [5.74, 6) is -1.11. The van der Waals surface area contributed by atoms with Crippen molar-refractivity contribution >= 4 is 35.4 Å². The molecule has 0 spiro atoms. The van der Waals surface area contributed by atoms with Gasteiger partial charge >= 0.3 is 5.97 Å². The molecule has 0 unspecified atom stereocenters. The number of fused-ring (bicyclic) bond motifs is 1. The highest BCUT2D eigenvalue weighted by molar-refractivity contribution is 6.08. The Morgan fingerprint density at radius 2 is 1.60 bits per heavy atom. The SMILES string of the molecule is Cc1c2c(n(-c3ccc(C(=O)O)cc3)c(=O)/c1=C\C=C\c1ccc(N(C)C)cc1)=NN(c1ccc(OCO)cc1)C2=O. The smallest absolute Gasteiger partial charge is 0.335 e. The Hall–Kier alpha value is -5.48. The molecule has 1 aliphatic rings. The molecule has 2 N–H and O–H groups in total. The number of pyridine rings is 1. The molecule has 0 aliphatic carbocycles. The number of carboxylic acids is 1. The van der Waals surface area contributed by atoms with Gasteiger partial charge in [0.2, 0.25) is 0 Å². The molecule has 0 fully saturated rings. The van der Waals surface area contributed by atoms with Gasteiger partial charge in [-0.05, 0) is 84.8 Å². The van der Waals surface area contributed by atoms with Gasteiger partial charge in [-0.2, -0.15) is 5.01 Å². The normalized spacial score (nSPS) is 12.9. The summed E-state index contributed by atoms with van der Waals surface area (Å²) < 4.78 is 6.39. The van der Waals surface area contributed by atoms with Crippen molar-refractivity contribution in [2.75, 3.05) is 30.8 Å². The van der Waals surface area contributed by atoms with Crippen molar-refractivity contribution in [3.05, 3.63) is 122 Å². The third-order valence-electron chi connectivity index (χ3n) is 6.89. The van der Waals surface area contributed by atoms with Crippen LogP contribution in [0.3, 0.4) is 0 Å². The first-order valence-electron chi connectivity index (χ1n) is 13.0. The maximum atomic E-state index is 13.9. The second-order valence-corrected chi connectivity index (χ2v) is 9.73. The summed E-state index contributed by atoms with van der Waals surface area (Å²) in [6, 6.07) is 20.2. The van der Waals surface area contributed by atoms with Gasteiger partial charge in [0.1, 0.15) is 5.75 Å². The van der Waals surface area contributed by atoms with Crippen LogP contribution in [0.25, 0.3) is 17.8 Å². The van der Waals surface area contributed by atoms with Gasteiger partial charge in [-0.3, -0.25) is 14.2 Å². The number of aliphatic hydroxyl groups excluding tert-OH is 1. The molecule has 0 bridgehead atoms. The number of ether oxygens (including phenoxy) is 1. The van der Waals surface area contributed by atoms with Gasteiger partial charge in [0, 0.05) is 25.0 Å². The molecular weight excluding hydrogens is 536 g/mol. The Bertz CT molecular complexity index is 1870. The zero-order valence-electron chi connectivity index (χ0n) is 23.2. The molecule has 10 nitrogen and oxygen atoms in total. The predicted molar refractivity (Wildman–Crippen MR) is 160 cm³/mol. The number of nitrogens with zero attached hydrogens (tertiary/aromatic N) is 4. The number of aromatic nitrogens is 1. The number of benzene rings is 3. The molecule has 212 valence electrons. The Labute approximate surface area is 241 Å². The van der Waals surface area contributed by atoms with Crippen LogP contribution in [0.15, 0.2) is 88.8 Å². The van der Waals surface area contributed by atoms with Crippen LogP contribution < -0.4 is 30.9 Å². The Morgan fingerprint density at radius 3 is 2.19 bits per heavy atom. The Balaban J connectivity index is 1.66. The number of hydrogen-bond acceptors (Lipinski definition) is 7. The lowest BCUT2D eigenvalue weighted by Gasteiger charge is -2.12. The lowest BCUT2D eigenvalue weighted by atomic mass is 10.1. The fourth-order valence-corrected chi connectivity index (χ4v) is 4.65. The lowest BCUT2D eigenvalue weighted by Crippen LogP contribution is -2.45. The lowest BCUT2D eigenvalue weighted by molar-refractivity contribution is 0.0696. The van der Waals surface area contributed by atoms with Gasteiger partial charge in [0.25, 0.3) is 11.5 Å². The van der Waals surface area contributed by atoms with Crippen LogP contribution >= 0.6 is 0 Å². The minimum Gasteiger partial charge on any atom is -0.478 e. The summed E-state index contributed by atoms with van der Waals surface area (Å²) in [5.41, 5.74) is 3.31. The molecule has 0 radical (unpaired) electrons. The second-order valence-electron chi connectivity index (χ2n) is 9.73. The summed E-state index contributed by atoms with van der Waals surface area (Å²) in [5, 5.41) is 24.4. The number of aliphatic hydroxyl groups is 1. The van der Waals surface area contributed by atoms with E-state index in [2.05, 4.69) is 5.10 Å². The van der Waals surface area contributed by atoms with E-state index >= 15 is 0 Å². The number of carbonyl (C=O) groups excluding carboxylic acids is 1. The highest BCUT2D eigenvalue weighted by Crippen LogP contribution is 2.24. The molecule has 4 aromatic rings. The first-order chi connectivity index (χ1) is 20.2. The van der Waals surface area contributed by atoms with Crippen LogP contribution in [0.1, 0.15) is 31.8 Å². The topological polar surface area (TPSA) is 125 Å². The molecule has 5 rings (SSSR count). The van der Waals surface area contributed by atoms with Gasteiger partial charge in [-0.1, -0.05) is 24.3 Å². The number of allylic oxidation sites excluding steroid dienone is 1. The second kappa shape index (κ2) is 11.6. The molecule has 2 heterocycles. The summed E-state index contributed by atoms with van der Waals surface area (Å²) in [6.45, 7) is 1.22. The van der Waals surface area contributed by atoms with Crippen molar-refractivity contribution < 1.29 is 24.5 Å². The van der Waals surface area contributed by atoms with E-state index in [9.17, 15) is 19.5 Å². The van der Waals surface area contributed by atoms with Crippen LogP contribution in [-0.2, 0) is 0 Å². The minimum absolute atomic E-state index is 0.0605. The average molecular weight is 565 g/mol. The average Bonchev–Trinajstić information content (AvgIpc) is 3.32. The molecule has 1 amide bonds. The zero-order chi connectivity index (χ0) is 30.0. The van der Waals surface area contributed by atoms with Crippen molar-refractivity contribution in [2.24, 2.45) is 5.10 Å². The molecule has 0 saturated heterocycles. The molecule has 0 saturated carbocycles. The zero-order valence-corrected chi connectivity index (χ0v) is 23.2. The quantitative estimate of drug-likeness (QED) is 0.315. The predicted octanol–water partition coefficient (Wildman–Crippen LogP) is 2.93. The van der Waals surface area contributed by atoms with E-state index in [-0.39, 0.29) is 16.6 Å². The van der Waals surface area contributed by atoms with E-state index in [0.29, 0.717) is 27.9 Å². The maximum Gasteiger partial charge on any atom is 0.335 e. The maximum absolute atomic E-state index is 13.9. The monoisotopic (exact) mass is 564 g/mol. The van der Waals surface area contributed by atoms with Crippen LogP contribution in [0.4, 0.5) is 11.4 Å². The van der Waals surface area contributed by atoms with E-state index in [0.717, 1.165) is 11.3 Å². The van der Waals surface area contributed by atoms with Crippen LogP contribution in [-0.4, -0.2) is 47.5 Å². The first-order valence-corrected chi connectivity index (χ1v) is 13.0. The number of amides is 1. The van der Waals surface area contributed by atoms with Crippen LogP contribution in [0.5, 0.6) is 5.75 Å². The number of aromatic carboxylic acids is 1. The molecule has 1 aliphatic heterocycles. The molecule has 1 aromatic heterocycles. The third-order valence-corrected chi connectivity index (χ3v) is 6.89. The first kappa shape index (κ1) is 28.1. The third kappa shape index (κ3) is 5.30. The van der Waals surface area contributed by atoms with Crippen molar-refractivity contribution in [2.45, 2.75) is 6.92 Å². The van der Waals surface area contributed by atoms with E-state index < -0.39 is 24.2 Å². The summed E-state index contributed by atoms with van der Waals surface area (Å²) in [6.07, 6.45) is 5.29. The van der Waals surface area contributed by atoms with E-state index in [1.807, 2.05) is 49.3 Å². The van der Waals surface area contributed by atoms with Gasteiger partial charge < -0.3 is 19.8 Å². The van der Waals surface area contributed by atoms with Crippen molar-refractivity contribution in [3.63, 3.8) is 0 Å². The molecule has 0 atom stereocenters. The van der Waals surface area contributed by atoms with Gasteiger partial charge in [0.05, 0.1) is 22.5 Å². The Morgan fingerprint density at radius 1 is 0.952 bits per heavy atom. The van der Waals surface area contributed by atoms with Crippen molar-refractivity contribution in [1.82, 2.24) is 4.57 Å². The fraction of sp³-hybridized carbons (Fsp3) is 0.125. The highest BCUT2D eigenvalue weighted by Gasteiger charge is 2.31. The van der Waals surface area contributed by atoms with Crippen molar-refractivity contribution in [3.8, 4) is 11.4 Å². The summed E-state index contributed by atoms with van der Waals surface area (Å²) in [4.78, 5) is 41.1. The molecule has 42 heavy (non-hydrogen) atoms. The standard InChI is InChI=1S/C32H28N4O6/c1-20-27(6-4-5-21-7-11-23(12-8-21)34(2)3)30(38)35(24-13-9-22(10-14-24)32(40)41)29-28(20)31(39)36(33-29)25-15-17-26(18-16-25)42-19-37/h4-18,37H,19H2,1-3H3,(H,40,41)/b5-4+,27-6-. The van der Waals surface area contributed by atoms with E-state index in [4.69, 9.17) is 9.84 Å². The summed E-state index contributed by atoms with van der Waals surface area (Å²) in [7, 11) is 3.93. The van der Waals surface area contributed by atoms with Gasteiger partial charge in [-0.15, -0.1) is 5.10 Å². The molecular formula is C32H28N4O6. The van der Waals surface area contributed by atoms with Crippen LogP contribution in [0, 0.1) is 6.92 Å². The number of anilines is 2. The van der Waals surface area contributed by atoms with Crippen molar-refractivity contribution in [1.29, 1.82) is 0 Å². The summed E-state index contributed by atoms with van der Waals surface area (Å²) >= 11 is 0. The molecule has 10 heteroatoms. The minimum atomic E-state index is -1.10. The number of carbonyl (C=O) groups is 2. The van der Waals surface area contributed by atoms with Gasteiger partial charge in [-0.25, -0.2) is 4.79 Å².